The van der Waals surface area contributed by atoms with Gasteiger partial charge in [-0.1, -0.05) is 12.1 Å². The average Bonchev–Trinajstić information content (AvgIpc) is 3.32. The number of aryl methyl sites for hydroxylation is 2. The van der Waals surface area contributed by atoms with Gasteiger partial charge in [-0.05, 0) is 87.5 Å². The number of hydrogen-bond donors (Lipinski definition) is 0. The van der Waals surface area contributed by atoms with E-state index in [2.05, 4.69) is 59.9 Å². The van der Waals surface area contributed by atoms with Crippen LogP contribution in [0, 0.1) is 19.8 Å². The van der Waals surface area contributed by atoms with Gasteiger partial charge in [-0.2, -0.15) is 5.10 Å². The molecule has 1 aliphatic heterocycles. The van der Waals surface area contributed by atoms with E-state index in [4.69, 9.17) is 14.6 Å². The van der Waals surface area contributed by atoms with E-state index >= 15 is 0 Å². The van der Waals surface area contributed by atoms with Gasteiger partial charge in [0.1, 0.15) is 10.8 Å². The predicted octanol–water partition coefficient (Wildman–Crippen LogP) is 6.13. The summed E-state index contributed by atoms with van der Waals surface area (Å²) in [5.74, 6) is 1.71. The molecule has 2 aromatic heterocycles. The summed E-state index contributed by atoms with van der Waals surface area (Å²) in [7, 11) is 1.75. The topological polar surface area (TPSA) is 39.0 Å². The SMILES string of the molecule is COc1cc(C)cc(C)c1-c1cccc2c(N(CCC3CCCO3)CC3CC3)c(SC)nn12. The molecule has 5 nitrogen and oxygen atoms in total. The lowest BCUT2D eigenvalue weighted by atomic mass is 10.0. The second-order valence-electron chi connectivity index (χ2n) is 9.54. The van der Waals surface area contributed by atoms with Crippen LogP contribution in [0.4, 0.5) is 5.69 Å². The third-order valence-corrected chi connectivity index (χ3v) is 7.61. The third-order valence-electron chi connectivity index (χ3n) is 6.95. The lowest BCUT2D eigenvalue weighted by molar-refractivity contribution is 0.105. The number of hydrogen-bond acceptors (Lipinski definition) is 5. The standard InChI is InChI=1S/C27H35N3O2S/c1-18-15-19(2)25(24(16-18)31-3)22-8-5-9-23-26(27(33-4)28-30(22)23)29(17-20-10-11-20)13-12-21-7-6-14-32-21/h5,8-9,15-16,20-21H,6-7,10-14,17H2,1-4H3. The number of pyridine rings is 1. The quantitative estimate of drug-likeness (QED) is 0.355. The van der Waals surface area contributed by atoms with Gasteiger partial charge in [0.05, 0.1) is 30.1 Å². The second kappa shape index (κ2) is 9.59. The van der Waals surface area contributed by atoms with Gasteiger partial charge in [-0.3, -0.25) is 0 Å². The average molecular weight is 466 g/mol. The van der Waals surface area contributed by atoms with Crippen molar-refractivity contribution in [3.63, 3.8) is 0 Å². The van der Waals surface area contributed by atoms with Gasteiger partial charge >= 0.3 is 0 Å². The van der Waals surface area contributed by atoms with Crippen LogP contribution in [0.1, 0.15) is 43.2 Å². The Bertz CT molecular complexity index is 1130. The van der Waals surface area contributed by atoms with Crippen molar-refractivity contribution in [1.29, 1.82) is 0 Å². The largest absolute Gasteiger partial charge is 0.496 e. The van der Waals surface area contributed by atoms with E-state index in [1.807, 2.05) is 0 Å². The maximum absolute atomic E-state index is 5.94. The van der Waals surface area contributed by atoms with E-state index in [1.54, 1.807) is 18.9 Å². The highest BCUT2D eigenvalue weighted by molar-refractivity contribution is 7.98. The first-order valence-corrected chi connectivity index (χ1v) is 13.4. The Morgan fingerprint density at radius 2 is 2.06 bits per heavy atom. The number of ether oxygens (including phenoxy) is 2. The van der Waals surface area contributed by atoms with Crippen molar-refractivity contribution in [2.45, 2.75) is 57.1 Å². The lowest BCUT2D eigenvalue weighted by Gasteiger charge is -2.26. The van der Waals surface area contributed by atoms with Gasteiger partial charge in [0, 0.05) is 25.3 Å². The molecule has 0 radical (unpaired) electrons. The van der Waals surface area contributed by atoms with E-state index in [1.165, 1.54) is 48.0 Å². The van der Waals surface area contributed by atoms with E-state index < -0.39 is 0 Å². The molecule has 2 fully saturated rings. The fourth-order valence-electron chi connectivity index (χ4n) is 5.16. The Morgan fingerprint density at radius 3 is 2.76 bits per heavy atom. The van der Waals surface area contributed by atoms with Crippen LogP contribution in [-0.2, 0) is 4.74 Å². The number of anilines is 1. The van der Waals surface area contributed by atoms with Crippen LogP contribution in [0.15, 0.2) is 35.4 Å². The summed E-state index contributed by atoms with van der Waals surface area (Å²) >= 11 is 1.74. The van der Waals surface area contributed by atoms with E-state index in [9.17, 15) is 0 Å². The maximum atomic E-state index is 5.94. The van der Waals surface area contributed by atoms with Gasteiger partial charge < -0.3 is 14.4 Å². The van der Waals surface area contributed by atoms with Crippen molar-refractivity contribution in [2.75, 3.05) is 38.0 Å². The summed E-state index contributed by atoms with van der Waals surface area (Å²) in [6.07, 6.45) is 8.70. The minimum absolute atomic E-state index is 0.404. The van der Waals surface area contributed by atoms with Crippen molar-refractivity contribution in [2.24, 2.45) is 5.92 Å². The fraction of sp³-hybridized carbons (Fsp3) is 0.519. The second-order valence-corrected chi connectivity index (χ2v) is 10.3. The molecule has 3 aromatic rings. The Hall–Kier alpha value is -2.18. The van der Waals surface area contributed by atoms with Crippen molar-refractivity contribution in [1.82, 2.24) is 9.61 Å². The first kappa shape index (κ1) is 22.6. The molecule has 1 aromatic carbocycles. The molecule has 3 heterocycles. The van der Waals surface area contributed by atoms with Gasteiger partial charge in [0.2, 0.25) is 0 Å². The highest BCUT2D eigenvalue weighted by atomic mass is 32.2. The molecule has 0 N–H and O–H groups in total. The molecule has 1 aliphatic carbocycles. The third kappa shape index (κ3) is 4.60. The minimum atomic E-state index is 0.404. The molecule has 0 bridgehead atoms. The van der Waals surface area contributed by atoms with Gasteiger partial charge in [-0.25, -0.2) is 4.52 Å². The summed E-state index contributed by atoms with van der Waals surface area (Å²) in [6, 6.07) is 10.9. The molecule has 5 rings (SSSR count). The highest BCUT2D eigenvalue weighted by Crippen LogP contribution is 2.41. The summed E-state index contributed by atoms with van der Waals surface area (Å²) in [4.78, 5) is 2.59. The van der Waals surface area contributed by atoms with Crippen LogP contribution < -0.4 is 9.64 Å². The van der Waals surface area contributed by atoms with Crippen LogP contribution in [0.25, 0.3) is 16.8 Å². The monoisotopic (exact) mass is 465 g/mol. The molecular formula is C27H35N3O2S. The number of thioether (sulfide) groups is 1. The van der Waals surface area contributed by atoms with Gasteiger partial charge in [-0.15, -0.1) is 11.8 Å². The van der Waals surface area contributed by atoms with Gasteiger partial charge in [0.15, 0.2) is 0 Å². The zero-order valence-electron chi connectivity index (χ0n) is 20.3. The van der Waals surface area contributed by atoms with Gasteiger partial charge in [0.25, 0.3) is 0 Å². The first-order chi connectivity index (χ1) is 16.1. The van der Waals surface area contributed by atoms with Crippen LogP contribution in [0.5, 0.6) is 5.75 Å². The lowest BCUT2D eigenvalue weighted by Crippen LogP contribution is -2.29. The van der Waals surface area contributed by atoms with Crippen LogP contribution in [-0.4, -0.2) is 48.8 Å². The molecule has 6 heteroatoms. The first-order valence-electron chi connectivity index (χ1n) is 12.2. The zero-order chi connectivity index (χ0) is 22.9. The van der Waals surface area contributed by atoms with Crippen molar-refractivity contribution in [3.8, 4) is 17.0 Å². The maximum Gasteiger partial charge on any atom is 0.142 e. The molecule has 1 atom stereocenters. The number of rotatable bonds is 9. The Labute approximate surface area is 201 Å². The van der Waals surface area contributed by atoms with Crippen molar-refractivity contribution in [3.05, 3.63) is 41.5 Å². The van der Waals surface area contributed by atoms with Crippen molar-refractivity contribution >= 4 is 23.0 Å². The zero-order valence-corrected chi connectivity index (χ0v) is 21.1. The molecule has 176 valence electrons. The van der Waals surface area contributed by atoms with E-state index in [0.29, 0.717) is 6.10 Å². The summed E-state index contributed by atoms with van der Waals surface area (Å²) in [5.41, 5.74) is 7.05. The number of methoxy groups -OCH3 is 1. The fourth-order valence-corrected chi connectivity index (χ4v) is 5.75. The summed E-state index contributed by atoms with van der Waals surface area (Å²) in [6.45, 7) is 7.32. The van der Waals surface area contributed by atoms with Crippen LogP contribution >= 0.6 is 11.8 Å². The molecule has 1 saturated heterocycles. The molecule has 0 spiro atoms. The summed E-state index contributed by atoms with van der Waals surface area (Å²) < 4.78 is 13.9. The summed E-state index contributed by atoms with van der Waals surface area (Å²) in [5, 5.41) is 6.22. The van der Waals surface area contributed by atoms with E-state index in [-0.39, 0.29) is 0 Å². The normalized spacial score (nSPS) is 18.2. The predicted molar refractivity (Wildman–Crippen MR) is 137 cm³/mol. The highest BCUT2D eigenvalue weighted by Gasteiger charge is 2.29. The molecule has 1 unspecified atom stereocenters. The smallest absolute Gasteiger partial charge is 0.142 e. The number of nitrogens with zero attached hydrogens (tertiary/aromatic N) is 3. The molecule has 0 amide bonds. The Morgan fingerprint density at radius 1 is 1.21 bits per heavy atom. The van der Waals surface area contributed by atoms with Crippen molar-refractivity contribution < 1.29 is 9.47 Å². The molecule has 2 aliphatic rings. The molecule has 1 saturated carbocycles. The number of fused-ring (bicyclic) bond motifs is 1. The Kier molecular flexibility index (Phi) is 6.57. The number of aromatic nitrogens is 2. The number of benzene rings is 1. The molecule has 33 heavy (non-hydrogen) atoms. The van der Waals surface area contributed by atoms with Crippen LogP contribution in [0.3, 0.4) is 0 Å². The van der Waals surface area contributed by atoms with Crippen LogP contribution in [0.2, 0.25) is 0 Å². The molecular weight excluding hydrogens is 430 g/mol. The Balaban J connectivity index is 1.59. The van der Waals surface area contributed by atoms with E-state index in [0.717, 1.165) is 54.1 Å². The minimum Gasteiger partial charge on any atom is -0.496 e.